The molecule has 0 bridgehead atoms. The Hall–Kier alpha value is -0.410. The number of rotatable bonds is 5. The number of halogens is 2. The SMILES string of the molecule is CC(C)CNCC(C)c1cc(Br)ccc1F. The Balaban J connectivity index is 2.58. The van der Waals surface area contributed by atoms with Crippen molar-refractivity contribution in [3.8, 4) is 0 Å². The third-order valence-corrected chi connectivity index (χ3v) is 2.99. The molecule has 16 heavy (non-hydrogen) atoms. The van der Waals surface area contributed by atoms with Crippen molar-refractivity contribution in [3.63, 3.8) is 0 Å². The molecule has 0 aliphatic carbocycles. The van der Waals surface area contributed by atoms with Gasteiger partial charge in [-0.05, 0) is 42.1 Å². The molecule has 1 atom stereocenters. The van der Waals surface area contributed by atoms with Crippen molar-refractivity contribution in [2.75, 3.05) is 13.1 Å². The second-order valence-electron chi connectivity index (χ2n) is 4.62. The first-order valence-electron chi connectivity index (χ1n) is 5.66. The smallest absolute Gasteiger partial charge is 0.126 e. The van der Waals surface area contributed by atoms with Gasteiger partial charge in [0, 0.05) is 11.0 Å². The lowest BCUT2D eigenvalue weighted by Crippen LogP contribution is -2.24. The van der Waals surface area contributed by atoms with Crippen molar-refractivity contribution >= 4 is 15.9 Å². The molecule has 1 unspecified atom stereocenters. The van der Waals surface area contributed by atoms with Crippen LogP contribution in [0, 0.1) is 11.7 Å². The summed E-state index contributed by atoms with van der Waals surface area (Å²) in [7, 11) is 0. The molecule has 0 amide bonds. The van der Waals surface area contributed by atoms with Crippen molar-refractivity contribution in [1.29, 1.82) is 0 Å². The van der Waals surface area contributed by atoms with Gasteiger partial charge in [0.2, 0.25) is 0 Å². The van der Waals surface area contributed by atoms with Gasteiger partial charge in [-0.2, -0.15) is 0 Å². The fourth-order valence-electron chi connectivity index (χ4n) is 1.59. The standard InChI is InChI=1S/C13H19BrFN/c1-9(2)7-16-8-10(3)12-6-11(14)4-5-13(12)15/h4-6,9-10,16H,7-8H2,1-3H3. The van der Waals surface area contributed by atoms with Crippen LogP contribution in [0.2, 0.25) is 0 Å². The maximum absolute atomic E-state index is 13.6. The fourth-order valence-corrected chi connectivity index (χ4v) is 1.97. The molecular weight excluding hydrogens is 269 g/mol. The summed E-state index contributed by atoms with van der Waals surface area (Å²) in [5.41, 5.74) is 0.769. The van der Waals surface area contributed by atoms with Crippen LogP contribution in [0.3, 0.4) is 0 Å². The Labute approximate surface area is 106 Å². The van der Waals surface area contributed by atoms with Gasteiger partial charge in [0.1, 0.15) is 5.82 Å². The van der Waals surface area contributed by atoms with Crippen molar-refractivity contribution < 1.29 is 4.39 Å². The lowest BCUT2D eigenvalue weighted by atomic mass is 10.0. The number of hydrogen-bond acceptors (Lipinski definition) is 1. The van der Waals surface area contributed by atoms with Crippen LogP contribution in [0.5, 0.6) is 0 Å². The first-order chi connectivity index (χ1) is 7.50. The molecule has 1 N–H and O–H groups in total. The highest BCUT2D eigenvalue weighted by Crippen LogP contribution is 2.22. The molecule has 3 heteroatoms. The van der Waals surface area contributed by atoms with Crippen LogP contribution in [0.25, 0.3) is 0 Å². The van der Waals surface area contributed by atoms with Gasteiger partial charge in [-0.3, -0.25) is 0 Å². The van der Waals surface area contributed by atoms with E-state index in [9.17, 15) is 4.39 Å². The molecule has 0 fully saturated rings. The van der Waals surface area contributed by atoms with Gasteiger partial charge in [0.05, 0.1) is 0 Å². The van der Waals surface area contributed by atoms with Crippen molar-refractivity contribution in [2.45, 2.75) is 26.7 Å². The first-order valence-corrected chi connectivity index (χ1v) is 6.45. The molecule has 1 rings (SSSR count). The van der Waals surface area contributed by atoms with E-state index in [1.54, 1.807) is 6.07 Å². The normalized spacial score (nSPS) is 13.1. The molecule has 0 aliphatic rings. The summed E-state index contributed by atoms with van der Waals surface area (Å²) in [4.78, 5) is 0. The molecule has 1 nitrogen and oxygen atoms in total. The van der Waals surface area contributed by atoms with Crippen LogP contribution in [0.15, 0.2) is 22.7 Å². The highest BCUT2D eigenvalue weighted by molar-refractivity contribution is 9.10. The summed E-state index contributed by atoms with van der Waals surface area (Å²) >= 11 is 3.37. The van der Waals surface area contributed by atoms with E-state index in [1.165, 1.54) is 6.07 Å². The molecule has 0 aliphatic heterocycles. The van der Waals surface area contributed by atoms with E-state index < -0.39 is 0 Å². The van der Waals surface area contributed by atoms with Crippen molar-refractivity contribution in [1.82, 2.24) is 5.32 Å². The highest BCUT2D eigenvalue weighted by Gasteiger charge is 2.11. The summed E-state index contributed by atoms with van der Waals surface area (Å²) in [6, 6.07) is 5.10. The van der Waals surface area contributed by atoms with Gasteiger partial charge in [-0.25, -0.2) is 4.39 Å². The first kappa shape index (κ1) is 13.7. The molecule has 0 radical (unpaired) electrons. The minimum Gasteiger partial charge on any atom is -0.316 e. The maximum Gasteiger partial charge on any atom is 0.126 e. The third kappa shape index (κ3) is 4.22. The van der Waals surface area contributed by atoms with Crippen molar-refractivity contribution in [3.05, 3.63) is 34.1 Å². The molecule has 0 aromatic heterocycles. The Morgan fingerprint density at radius 2 is 1.94 bits per heavy atom. The molecule has 0 heterocycles. The summed E-state index contributed by atoms with van der Waals surface area (Å²) in [6.45, 7) is 8.15. The summed E-state index contributed by atoms with van der Waals surface area (Å²) in [5, 5.41) is 3.35. The van der Waals surface area contributed by atoms with Gasteiger partial charge in [-0.1, -0.05) is 36.7 Å². The van der Waals surface area contributed by atoms with E-state index in [-0.39, 0.29) is 11.7 Å². The molecular formula is C13H19BrFN. The maximum atomic E-state index is 13.6. The lowest BCUT2D eigenvalue weighted by molar-refractivity contribution is 0.515. The van der Waals surface area contributed by atoms with Crippen LogP contribution in [0.4, 0.5) is 4.39 Å². The second kappa shape index (κ2) is 6.36. The topological polar surface area (TPSA) is 12.0 Å². The van der Waals surface area contributed by atoms with E-state index in [1.807, 2.05) is 13.0 Å². The third-order valence-electron chi connectivity index (χ3n) is 2.49. The second-order valence-corrected chi connectivity index (χ2v) is 5.53. The lowest BCUT2D eigenvalue weighted by Gasteiger charge is -2.15. The monoisotopic (exact) mass is 287 g/mol. The average molecular weight is 288 g/mol. The molecule has 90 valence electrons. The minimum absolute atomic E-state index is 0.123. The van der Waals surface area contributed by atoms with E-state index >= 15 is 0 Å². The Morgan fingerprint density at radius 1 is 1.25 bits per heavy atom. The van der Waals surface area contributed by atoms with E-state index in [0.29, 0.717) is 5.92 Å². The quantitative estimate of drug-likeness (QED) is 0.865. The predicted molar refractivity (Wildman–Crippen MR) is 70.2 cm³/mol. The van der Waals surface area contributed by atoms with E-state index in [0.717, 1.165) is 23.1 Å². The van der Waals surface area contributed by atoms with Crippen LogP contribution < -0.4 is 5.32 Å². The highest BCUT2D eigenvalue weighted by atomic mass is 79.9. The number of nitrogens with one attached hydrogen (secondary N) is 1. The number of benzene rings is 1. The number of hydrogen-bond donors (Lipinski definition) is 1. The van der Waals surface area contributed by atoms with Crippen LogP contribution in [-0.4, -0.2) is 13.1 Å². The molecule has 0 spiro atoms. The van der Waals surface area contributed by atoms with Gasteiger partial charge < -0.3 is 5.32 Å². The minimum atomic E-state index is -0.123. The van der Waals surface area contributed by atoms with Gasteiger partial charge in [-0.15, -0.1) is 0 Å². The zero-order valence-corrected chi connectivity index (χ0v) is 11.6. The Morgan fingerprint density at radius 3 is 2.56 bits per heavy atom. The van der Waals surface area contributed by atoms with Gasteiger partial charge >= 0.3 is 0 Å². The summed E-state index contributed by atoms with van der Waals surface area (Å²) in [5.74, 6) is 0.692. The van der Waals surface area contributed by atoms with Crippen molar-refractivity contribution in [2.24, 2.45) is 5.92 Å². The van der Waals surface area contributed by atoms with E-state index in [2.05, 4.69) is 35.1 Å². The van der Waals surface area contributed by atoms with Crippen LogP contribution >= 0.6 is 15.9 Å². The predicted octanol–water partition coefficient (Wildman–Crippen LogP) is 3.94. The van der Waals surface area contributed by atoms with Gasteiger partial charge in [0.25, 0.3) is 0 Å². The summed E-state index contributed by atoms with van der Waals surface area (Å²) in [6.07, 6.45) is 0. The largest absolute Gasteiger partial charge is 0.316 e. The molecule has 1 aromatic rings. The van der Waals surface area contributed by atoms with E-state index in [4.69, 9.17) is 0 Å². The Bertz CT molecular complexity index is 339. The molecule has 1 aromatic carbocycles. The average Bonchev–Trinajstić information content (AvgIpc) is 2.21. The zero-order chi connectivity index (χ0) is 12.1. The summed E-state index contributed by atoms with van der Waals surface area (Å²) < 4.78 is 14.5. The van der Waals surface area contributed by atoms with Crippen LogP contribution in [0.1, 0.15) is 32.3 Å². The van der Waals surface area contributed by atoms with Crippen LogP contribution in [-0.2, 0) is 0 Å². The Kier molecular flexibility index (Phi) is 5.42. The fraction of sp³-hybridized carbons (Fsp3) is 0.538. The molecule has 0 saturated heterocycles. The van der Waals surface area contributed by atoms with Gasteiger partial charge in [0.15, 0.2) is 0 Å². The molecule has 0 saturated carbocycles. The zero-order valence-electron chi connectivity index (χ0n) is 10.1.